The average molecular weight is 353 g/mol. The normalized spacial score (nSPS) is 10.4. The first-order chi connectivity index (χ1) is 11.0. The molecule has 0 aliphatic carbocycles. The fourth-order valence-corrected chi connectivity index (χ4v) is 2.59. The summed E-state index contributed by atoms with van der Waals surface area (Å²) >= 11 is 11.4. The molecule has 0 atom stereocenters. The highest BCUT2D eigenvalue weighted by Gasteiger charge is 2.08. The van der Waals surface area contributed by atoms with Crippen LogP contribution in [0.15, 0.2) is 24.3 Å². The lowest BCUT2D eigenvalue weighted by Crippen LogP contribution is -2.30. The number of ether oxygens (including phenoxy) is 1. The molecule has 5 nitrogen and oxygen atoms in total. The van der Waals surface area contributed by atoms with E-state index in [1.807, 2.05) is 42.8 Å². The van der Waals surface area contributed by atoms with E-state index in [0.717, 1.165) is 47.4 Å². The minimum absolute atomic E-state index is 0.570. The monoisotopic (exact) mass is 352 g/mol. The standard InChI is InChI=1S/C16H21ClN4OS/c1-11-15(17)12(2)21(20-11)10-6-9-18-16(23)19-13-7-4-5-8-14(13)22-3/h4-5,7-8H,6,9-10H2,1-3H3,(H2,18,19,23). The molecule has 2 aromatic rings. The summed E-state index contributed by atoms with van der Waals surface area (Å²) < 4.78 is 7.21. The number of nitrogens with one attached hydrogen (secondary N) is 2. The molecule has 0 spiro atoms. The molecule has 2 rings (SSSR count). The summed E-state index contributed by atoms with van der Waals surface area (Å²) in [5.74, 6) is 0.758. The second kappa shape index (κ2) is 8.17. The highest BCUT2D eigenvalue weighted by molar-refractivity contribution is 7.80. The predicted octanol–water partition coefficient (Wildman–Crippen LogP) is 3.54. The van der Waals surface area contributed by atoms with Crippen LogP contribution in [0, 0.1) is 13.8 Å². The third-order valence-corrected chi connectivity index (χ3v) is 4.27. The van der Waals surface area contributed by atoms with Gasteiger partial charge in [-0.15, -0.1) is 0 Å². The highest BCUT2D eigenvalue weighted by atomic mass is 35.5. The van der Waals surface area contributed by atoms with Crippen LogP contribution in [0.25, 0.3) is 0 Å². The number of para-hydroxylation sites is 2. The fourth-order valence-electron chi connectivity index (χ4n) is 2.24. The Bertz CT molecular complexity index is 687. The van der Waals surface area contributed by atoms with E-state index in [9.17, 15) is 0 Å². The summed E-state index contributed by atoms with van der Waals surface area (Å²) in [6, 6.07) is 7.66. The van der Waals surface area contributed by atoms with Crippen LogP contribution in [-0.4, -0.2) is 28.5 Å². The number of aromatic nitrogens is 2. The molecular weight excluding hydrogens is 332 g/mol. The van der Waals surface area contributed by atoms with Gasteiger partial charge in [-0.25, -0.2) is 0 Å². The average Bonchev–Trinajstić information content (AvgIpc) is 2.79. The second-order valence-corrected chi connectivity index (χ2v) is 5.93. The van der Waals surface area contributed by atoms with Crippen LogP contribution >= 0.6 is 23.8 Å². The van der Waals surface area contributed by atoms with E-state index < -0.39 is 0 Å². The molecule has 0 unspecified atom stereocenters. The van der Waals surface area contributed by atoms with Gasteiger partial charge in [-0.05, 0) is 44.6 Å². The summed E-state index contributed by atoms with van der Waals surface area (Å²) in [5, 5.41) is 12.0. The minimum Gasteiger partial charge on any atom is -0.495 e. The third-order valence-electron chi connectivity index (χ3n) is 3.48. The maximum atomic E-state index is 6.14. The van der Waals surface area contributed by atoms with Crippen LogP contribution in [0.4, 0.5) is 5.69 Å². The highest BCUT2D eigenvalue weighted by Crippen LogP contribution is 2.22. The van der Waals surface area contributed by atoms with E-state index in [4.69, 9.17) is 28.6 Å². The van der Waals surface area contributed by atoms with Gasteiger partial charge in [-0.2, -0.15) is 5.10 Å². The number of methoxy groups -OCH3 is 1. The fraction of sp³-hybridized carbons (Fsp3) is 0.375. The van der Waals surface area contributed by atoms with Gasteiger partial charge in [-0.3, -0.25) is 4.68 Å². The van der Waals surface area contributed by atoms with E-state index in [1.165, 1.54) is 0 Å². The Labute approximate surface area is 147 Å². The quantitative estimate of drug-likeness (QED) is 0.615. The van der Waals surface area contributed by atoms with Crippen LogP contribution in [0.1, 0.15) is 17.8 Å². The van der Waals surface area contributed by atoms with Crippen molar-refractivity contribution in [1.29, 1.82) is 0 Å². The summed E-state index contributed by atoms with van der Waals surface area (Å²) in [6.45, 7) is 5.43. The second-order valence-electron chi connectivity index (χ2n) is 5.14. The van der Waals surface area contributed by atoms with E-state index in [2.05, 4.69) is 15.7 Å². The first kappa shape index (κ1) is 17.6. The number of aryl methyl sites for hydroxylation is 2. The van der Waals surface area contributed by atoms with E-state index in [0.29, 0.717) is 5.11 Å². The molecule has 1 heterocycles. The number of hydrogen-bond acceptors (Lipinski definition) is 3. The maximum Gasteiger partial charge on any atom is 0.170 e. The minimum atomic E-state index is 0.570. The molecule has 2 N–H and O–H groups in total. The molecule has 0 radical (unpaired) electrons. The summed E-state index contributed by atoms with van der Waals surface area (Å²) in [4.78, 5) is 0. The SMILES string of the molecule is COc1ccccc1NC(=S)NCCCn1nc(C)c(Cl)c1C. The van der Waals surface area contributed by atoms with Crippen molar-refractivity contribution in [2.24, 2.45) is 0 Å². The largest absolute Gasteiger partial charge is 0.495 e. The first-order valence-electron chi connectivity index (χ1n) is 7.40. The van der Waals surface area contributed by atoms with Gasteiger partial charge in [-0.1, -0.05) is 23.7 Å². The molecule has 0 saturated heterocycles. The lowest BCUT2D eigenvalue weighted by molar-refractivity contribution is 0.417. The van der Waals surface area contributed by atoms with Gasteiger partial charge in [0.05, 0.1) is 29.2 Å². The van der Waals surface area contributed by atoms with Gasteiger partial charge in [0.2, 0.25) is 0 Å². The molecule has 0 bridgehead atoms. The third kappa shape index (κ3) is 4.59. The maximum absolute atomic E-state index is 6.14. The summed E-state index contributed by atoms with van der Waals surface area (Å²) in [6.07, 6.45) is 0.895. The zero-order valence-corrected chi connectivity index (χ0v) is 15.1. The zero-order chi connectivity index (χ0) is 16.8. The van der Waals surface area contributed by atoms with Gasteiger partial charge in [0, 0.05) is 13.1 Å². The van der Waals surface area contributed by atoms with Crippen LogP contribution in [0.2, 0.25) is 5.02 Å². The molecule has 0 amide bonds. The Morgan fingerprint density at radius 3 is 2.74 bits per heavy atom. The lowest BCUT2D eigenvalue weighted by atomic mass is 10.3. The van der Waals surface area contributed by atoms with Crippen LogP contribution in [0.5, 0.6) is 5.75 Å². The number of anilines is 1. The van der Waals surface area contributed by atoms with Crippen molar-refractivity contribution >= 4 is 34.6 Å². The van der Waals surface area contributed by atoms with Gasteiger partial charge in [0.15, 0.2) is 5.11 Å². The van der Waals surface area contributed by atoms with E-state index in [1.54, 1.807) is 7.11 Å². The number of benzene rings is 1. The molecule has 0 aliphatic heterocycles. The van der Waals surface area contributed by atoms with Crippen molar-refractivity contribution in [3.8, 4) is 5.75 Å². The van der Waals surface area contributed by atoms with Gasteiger partial charge >= 0.3 is 0 Å². The molecular formula is C16H21ClN4OS. The molecule has 124 valence electrons. The number of halogens is 1. The Kier molecular flexibility index (Phi) is 6.24. The number of thiocarbonyl (C=S) groups is 1. The predicted molar refractivity (Wildman–Crippen MR) is 98.5 cm³/mol. The summed E-state index contributed by atoms with van der Waals surface area (Å²) in [5.41, 5.74) is 2.71. The first-order valence-corrected chi connectivity index (χ1v) is 8.19. The Morgan fingerprint density at radius 2 is 2.09 bits per heavy atom. The smallest absolute Gasteiger partial charge is 0.170 e. The molecule has 1 aromatic heterocycles. The molecule has 0 saturated carbocycles. The molecule has 23 heavy (non-hydrogen) atoms. The molecule has 7 heteroatoms. The molecule has 0 aliphatic rings. The van der Waals surface area contributed by atoms with Crippen LogP contribution < -0.4 is 15.4 Å². The van der Waals surface area contributed by atoms with Crippen molar-refractivity contribution in [2.45, 2.75) is 26.8 Å². The summed E-state index contributed by atoms with van der Waals surface area (Å²) in [7, 11) is 1.64. The topological polar surface area (TPSA) is 51.1 Å². The number of hydrogen-bond donors (Lipinski definition) is 2. The van der Waals surface area contributed by atoms with Gasteiger partial charge in [0.1, 0.15) is 5.75 Å². The number of rotatable bonds is 6. The Balaban J connectivity index is 1.78. The van der Waals surface area contributed by atoms with E-state index >= 15 is 0 Å². The molecule has 1 aromatic carbocycles. The van der Waals surface area contributed by atoms with E-state index in [-0.39, 0.29) is 0 Å². The van der Waals surface area contributed by atoms with Crippen molar-refractivity contribution in [1.82, 2.24) is 15.1 Å². The lowest BCUT2D eigenvalue weighted by Gasteiger charge is -2.13. The van der Waals surface area contributed by atoms with Crippen LogP contribution in [0.3, 0.4) is 0 Å². The molecule has 0 fully saturated rings. The van der Waals surface area contributed by atoms with Gasteiger partial charge in [0.25, 0.3) is 0 Å². The Hall–Kier alpha value is -1.79. The van der Waals surface area contributed by atoms with Crippen molar-refractivity contribution in [3.63, 3.8) is 0 Å². The van der Waals surface area contributed by atoms with Crippen molar-refractivity contribution in [3.05, 3.63) is 40.7 Å². The number of nitrogens with zero attached hydrogens (tertiary/aromatic N) is 2. The Morgan fingerprint density at radius 1 is 1.35 bits per heavy atom. The van der Waals surface area contributed by atoms with Crippen molar-refractivity contribution in [2.75, 3.05) is 19.0 Å². The van der Waals surface area contributed by atoms with Gasteiger partial charge < -0.3 is 15.4 Å². The zero-order valence-electron chi connectivity index (χ0n) is 13.5. The van der Waals surface area contributed by atoms with Crippen molar-refractivity contribution < 1.29 is 4.74 Å². The van der Waals surface area contributed by atoms with Crippen LogP contribution in [-0.2, 0) is 6.54 Å².